The maximum Gasteiger partial charge on any atom is 0.472 e. The molecule has 0 aromatic carbocycles. The van der Waals surface area contributed by atoms with Crippen LogP contribution in [-0.2, 0) is 65.4 Å². The van der Waals surface area contributed by atoms with Crippen LogP contribution in [-0.4, -0.2) is 96.7 Å². The highest BCUT2D eigenvalue weighted by atomic mass is 31.2. The fourth-order valence-electron chi connectivity index (χ4n) is 9.88. The smallest absolute Gasteiger partial charge is 0.462 e. The predicted octanol–water partition coefficient (Wildman–Crippen LogP) is 18.4. The van der Waals surface area contributed by atoms with Gasteiger partial charge in [-0.15, -0.1) is 0 Å². The molecule has 85 heavy (non-hydrogen) atoms. The zero-order chi connectivity index (χ0) is 62.9. The molecular weight excluding hydrogens is 1130 g/mol. The Hall–Kier alpha value is -1.94. The first-order valence-corrected chi connectivity index (χ1v) is 37.5. The minimum Gasteiger partial charge on any atom is -0.462 e. The molecule has 0 amide bonds. The molecule has 0 saturated heterocycles. The molecular formula is C66H128O17P2. The molecule has 0 aliphatic carbocycles. The third-order valence-electron chi connectivity index (χ3n) is 15.2. The lowest BCUT2D eigenvalue weighted by Gasteiger charge is -2.21. The van der Waals surface area contributed by atoms with E-state index in [0.717, 1.165) is 102 Å². The van der Waals surface area contributed by atoms with Crippen molar-refractivity contribution in [1.29, 1.82) is 0 Å². The Morgan fingerprint density at radius 3 is 0.800 bits per heavy atom. The number of carbonyl (C=O) groups excluding carboxylic acids is 4. The highest BCUT2D eigenvalue weighted by Gasteiger charge is 2.30. The van der Waals surface area contributed by atoms with E-state index >= 15 is 0 Å². The molecule has 0 heterocycles. The summed E-state index contributed by atoms with van der Waals surface area (Å²) in [7, 11) is -9.89. The predicted molar refractivity (Wildman–Crippen MR) is 340 cm³/mol. The summed E-state index contributed by atoms with van der Waals surface area (Å²) < 4.78 is 68.1. The number of hydrogen-bond acceptors (Lipinski definition) is 15. The van der Waals surface area contributed by atoms with Crippen molar-refractivity contribution < 1.29 is 80.2 Å². The molecule has 0 saturated carbocycles. The van der Waals surface area contributed by atoms with Gasteiger partial charge in [0.1, 0.15) is 19.3 Å². The first-order chi connectivity index (χ1) is 40.9. The quantitative estimate of drug-likeness (QED) is 0.0222. The van der Waals surface area contributed by atoms with Crippen molar-refractivity contribution in [2.75, 3.05) is 39.6 Å². The van der Waals surface area contributed by atoms with Crippen molar-refractivity contribution in [1.82, 2.24) is 0 Å². The van der Waals surface area contributed by atoms with Crippen molar-refractivity contribution >= 4 is 39.5 Å². The Bertz CT molecular complexity index is 1670. The van der Waals surface area contributed by atoms with Gasteiger partial charge in [0.25, 0.3) is 0 Å². The number of phosphoric acid groups is 2. The number of esters is 4. The van der Waals surface area contributed by atoms with E-state index in [0.29, 0.717) is 31.6 Å². The average molecular weight is 1260 g/mol. The molecule has 0 rings (SSSR count). The molecule has 5 atom stereocenters. The SMILES string of the molecule is CCCCCCCCCCCCCC(=O)OC[C@H](COP(=O)(O)OC[C@@H](O)COP(=O)(O)OC[C@@H](COC(=O)CCCCCCCCCC(C)C)OC(=O)CCCCCCCCCCCCC)OC(=O)CCCCCCCCCCCCC(C)C. The Labute approximate surface area is 517 Å². The second-order valence-electron chi connectivity index (χ2n) is 24.8. The van der Waals surface area contributed by atoms with E-state index in [9.17, 15) is 43.2 Å². The Morgan fingerprint density at radius 2 is 0.541 bits per heavy atom. The first-order valence-electron chi connectivity index (χ1n) is 34.5. The summed E-state index contributed by atoms with van der Waals surface area (Å²) in [5.41, 5.74) is 0. The molecule has 17 nitrogen and oxygen atoms in total. The monoisotopic (exact) mass is 1250 g/mol. The van der Waals surface area contributed by atoms with Crippen molar-refractivity contribution in [3.05, 3.63) is 0 Å². The number of rotatable bonds is 65. The fourth-order valence-corrected chi connectivity index (χ4v) is 11.5. The number of aliphatic hydroxyl groups is 1. The number of ether oxygens (including phenoxy) is 4. The number of aliphatic hydroxyl groups excluding tert-OH is 1. The molecule has 0 aliphatic heterocycles. The van der Waals surface area contributed by atoms with Gasteiger partial charge in [-0.05, 0) is 37.5 Å². The van der Waals surface area contributed by atoms with Crippen LogP contribution in [0.5, 0.6) is 0 Å². The van der Waals surface area contributed by atoms with E-state index in [1.165, 1.54) is 141 Å². The maximum atomic E-state index is 13.0. The van der Waals surface area contributed by atoms with Crippen molar-refractivity contribution in [2.24, 2.45) is 11.8 Å². The highest BCUT2D eigenvalue weighted by Crippen LogP contribution is 2.45. The third-order valence-corrected chi connectivity index (χ3v) is 17.1. The van der Waals surface area contributed by atoms with Crippen LogP contribution in [0.3, 0.4) is 0 Å². The molecule has 504 valence electrons. The summed E-state index contributed by atoms with van der Waals surface area (Å²) >= 11 is 0. The molecule has 0 aromatic heterocycles. The third kappa shape index (κ3) is 60.7. The number of phosphoric ester groups is 2. The zero-order valence-corrected chi connectivity index (χ0v) is 56.7. The Kier molecular flexibility index (Phi) is 57.1. The van der Waals surface area contributed by atoms with E-state index in [-0.39, 0.29) is 25.7 Å². The summed E-state index contributed by atoms with van der Waals surface area (Å²) in [6.07, 6.45) is 41.6. The van der Waals surface area contributed by atoms with Gasteiger partial charge in [-0.3, -0.25) is 37.3 Å². The van der Waals surface area contributed by atoms with Crippen molar-refractivity contribution in [2.45, 2.75) is 349 Å². The summed E-state index contributed by atoms with van der Waals surface area (Å²) in [6, 6.07) is 0. The van der Waals surface area contributed by atoms with Crippen LogP contribution in [0.25, 0.3) is 0 Å². The molecule has 0 aromatic rings. The molecule has 0 aliphatic rings. The van der Waals surface area contributed by atoms with Crippen LogP contribution in [0, 0.1) is 11.8 Å². The molecule has 3 N–H and O–H groups in total. The lowest BCUT2D eigenvalue weighted by molar-refractivity contribution is -0.161. The molecule has 19 heteroatoms. The van der Waals surface area contributed by atoms with Gasteiger partial charge >= 0.3 is 39.5 Å². The molecule has 0 fully saturated rings. The van der Waals surface area contributed by atoms with E-state index in [1.807, 2.05) is 0 Å². The van der Waals surface area contributed by atoms with E-state index in [1.54, 1.807) is 0 Å². The fraction of sp³-hybridized carbons (Fsp3) is 0.939. The maximum absolute atomic E-state index is 13.0. The van der Waals surface area contributed by atoms with E-state index in [4.69, 9.17) is 37.0 Å². The lowest BCUT2D eigenvalue weighted by atomic mass is 10.0. The van der Waals surface area contributed by atoms with Crippen LogP contribution >= 0.6 is 15.6 Å². The van der Waals surface area contributed by atoms with Gasteiger partial charge in [0, 0.05) is 25.7 Å². The van der Waals surface area contributed by atoms with Gasteiger partial charge < -0.3 is 33.8 Å². The van der Waals surface area contributed by atoms with E-state index < -0.39 is 97.5 Å². The van der Waals surface area contributed by atoms with Crippen LogP contribution in [0.4, 0.5) is 0 Å². The topological polar surface area (TPSA) is 237 Å². The molecule has 0 spiro atoms. The summed E-state index contributed by atoms with van der Waals surface area (Å²) in [4.78, 5) is 72.3. The second-order valence-corrected chi connectivity index (χ2v) is 27.7. The normalized spacial score (nSPS) is 14.2. The number of hydrogen-bond donors (Lipinski definition) is 3. The largest absolute Gasteiger partial charge is 0.472 e. The standard InChI is InChI=1S/C66H128O17P2/c1-7-9-11-13-15-17-19-24-30-36-42-48-63(68)76-54-61(82-66(71)51-45-39-32-26-22-21-23-28-34-40-46-58(3)4)56-80-84(72,73)78-52-60(67)53-79-85(74,75)81-57-62(55-77-64(69)49-43-37-33-27-29-35-41-47-59(5)6)83-65(70)50-44-38-31-25-20-18-16-14-12-10-8-2/h58-62,67H,7-57H2,1-6H3,(H,72,73)(H,74,75)/t60-,61-,62-/m1/s1. The number of unbranched alkanes of at least 4 members (excludes halogenated alkanes) is 35. The van der Waals surface area contributed by atoms with E-state index in [2.05, 4.69) is 41.5 Å². The summed E-state index contributed by atoms with van der Waals surface area (Å²) in [5, 5.41) is 10.6. The lowest BCUT2D eigenvalue weighted by Crippen LogP contribution is -2.30. The van der Waals surface area contributed by atoms with Crippen LogP contribution < -0.4 is 0 Å². The van der Waals surface area contributed by atoms with Gasteiger partial charge in [0.15, 0.2) is 12.2 Å². The highest BCUT2D eigenvalue weighted by molar-refractivity contribution is 7.47. The van der Waals surface area contributed by atoms with Gasteiger partial charge in [0.05, 0.1) is 26.4 Å². The summed E-state index contributed by atoms with van der Waals surface area (Å²) in [6.45, 7) is 9.44. The molecule has 0 radical (unpaired) electrons. The average Bonchev–Trinajstić information content (AvgIpc) is 3.58. The molecule has 0 bridgehead atoms. The van der Waals surface area contributed by atoms with Crippen molar-refractivity contribution in [3.63, 3.8) is 0 Å². The summed E-state index contributed by atoms with van der Waals surface area (Å²) in [5.74, 6) is -0.672. The Morgan fingerprint density at radius 1 is 0.318 bits per heavy atom. The minimum atomic E-state index is -4.95. The van der Waals surface area contributed by atoms with Gasteiger partial charge in [-0.25, -0.2) is 9.13 Å². The number of carbonyl (C=O) groups is 4. The Balaban J connectivity index is 5.25. The minimum absolute atomic E-state index is 0.106. The molecule has 2 unspecified atom stereocenters. The van der Waals surface area contributed by atoms with Crippen molar-refractivity contribution in [3.8, 4) is 0 Å². The first kappa shape index (κ1) is 83.1. The van der Waals surface area contributed by atoms with Gasteiger partial charge in [0.2, 0.25) is 0 Å². The van der Waals surface area contributed by atoms with Crippen LogP contribution in [0.2, 0.25) is 0 Å². The zero-order valence-electron chi connectivity index (χ0n) is 54.9. The van der Waals surface area contributed by atoms with Gasteiger partial charge in [-0.1, -0.05) is 279 Å². The van der Waals surface area contributed by atoms with Crippen LogP contribution in [0.15, 0.2) is 0 Å². The van der Waals surface area contributed by atoms with Crippen LogP contribution in [0.1, 0.15) is 330 Å². The van der Waals surface area contributed by atoms with Gasteiger partial charge in [-0.2, -0.15) is 0 Å². The second kappa shape index (κ2) is 58.4.